The molecular formula is C23H30N4O3. The first-order chi connectivity index (χ1) is 14.5. The Balaban J connectivity index is 1.99. The van der Waals surface area contributed by atoms with Crippen molar-refractivity contribution < 1.29 is 9.66 Å². The Morgan fingerprint density at radius 1 is 1.20 bits per heavy atom. The lowest BCUT2D eigenvalue weighted by Gasteiger charge is -2.22. The Morgan fingerprint density at radius 3 is 2.63 bits per heavy atom. The van der Waals surface area contributed by atoms with E-state index in [0.717, 1.165) is 48.9 Å². The molecule has 1 heterocycles. The van der Waals surface area contributed by atoms with Crippen molar-refractivity contribution >= 4 is 33.2 Å². The number of nitrogens with zero attached hydrogens (tertiary/aromatic N) is 3. The van der Waals surface area contributed by atoms with E-state index in [2.05, 4.69) is 31.0 Å². The van der Waals surface area contributed by atoms with E-state index in [1.807, 2.05) is 18.2 Å². The van der Waals surface area contributed by atoms with E-state index >= 15 is 0 Å². The van der Waals surface area contributed by atoms with E-state index < -0.39 is 4.92 Å². The number of hydrogen-bond acceptors (Lipinski definition) is 6. The summed E-state index contributed by atoms with van der Waals surface area (Å²) in [4.78, 5) is 18.0. The third-order valence-corrected chi connectivity index (χ3v) is 5.58. The first-order valence-corrected chi connectivity index (χ1v) is 10.5. The summed E-state index contributed by atoms with van der Waals surface area (Å²) in [6.07, 6.45) is 2.13. The van der Waals surface area contributed by atoms with Crippen LogP contribution in [-0.2, 0) is 0 Å². The average molecular weight is 411 g/mol. The predicted octanol–water partition coefficient (Wildman–Crippen LogP) is 5.23. The van der Waals surface area contributed by atoms with Crippen LogP contribution in [0.3, 0.4) is 0 Å². The van der Waals surface area contributed by atoms with E-state index in [4.69, 9.17) is 9.72 Å². The minimum atomic E-state index is -0.392. The highest BCUT2D eigenvalue weighted by atomic mass is 16.6. The third kappa shape index (κ3) is 4.62. The molecule has 1 aromatic heterocycles. The van der Waals surface area contributed by atoms with Gasteiger partial charge in [-0.1, -0.05) is 26.0 Å². The number of pyridine rings is 1. The minimum absolute atomic E-state index is 0.0301. The zero-order chi connectivity index (χ0) is 21.7. The molecular weight excluding hydrogens is 380 g/mol. The fourth-order valence-corrected chi connectivity index (χ4v) is 3.84. The topological polar surface area (TPSA) is 80.5 Å². The maximum atomic E-state index is 11.3. The van der Waals surface area contributed by atoms with Gasteiger partial charge in [0.1, 0.15) is 11.3 Å². The summed E-state index contributed by atoms with van der Waals surface area (Å²) in [5.41, 5.74) is 2.26. The van der Waals surface area contributed by atoms with Crippen molar-refractivity contribution in [3.05, 3.63) is 46.5 Å². The Labute approximate surface area is 177 Å². The molecule has 0 saturated carbocycles. The van der Waals surface area contributed by atoms with E-state index in [1.54, 1.807) is 13.2 Å². The Hall–Kier alpha value is -2.93. The number of rotatable bonds is 10. The maximum absolute atomic E-state index is 11.3. The van der Waals surface area contributed by atoms with Crippen molar-refractivity contribution in [3.63, 3.8) is 0 Å². The normalized spacial score (nSPS) is 12.4. The number of benzene rings is 2. The van der Waals surface area contributed by atoms with Gasteiger partial charge in [-0.2, -0.15) is 0 Å². The number of fused-ring (bicyclic) bond motifs is 2. The van der Waals surface area contributed by atoms with Crippen LogP contribution in [0, 0.1) is 10.1 Å². The van der Waals surface area contributed by atoms with Crippen molar-refractivity contribution in [1.29, 1.82) is 0 Å². The Kier molecular flexibility index (Phi) is 7.05. The maximum Gasteiger partial charge on any atom is 0.271 e. The molecule has 0 aliphatic carbocycles. The molecule has 3 rings (SSSR count). The van der Waals surface area contributed by atoms with Crippen molar-refractivity contribution in [2.75, 3.05) is 32.1 Å². The van der Waals surface area contributed by atoms with Crippen LogP contribution in [0.5, 0.6) is 5.75 Å². The molecule has 0 amide bonds. The second-order valence-electron chi connectivity index (χ2n) is 7.52. The van der Waals surface area contributed by atoms with E-state index in [1.165, 1.54) is 12.1 Å². The van der Waals surface area contributed by atoms with Gasteiger partial charge in [-0.15, -0.1) is 0 Å². The molecule has 0 spiro atoms. The van der Waals surface area contributed by atoms with Gasteiger partial charge in [0.15, 0.2) is 0 Å². The van der Waals surface area contributed by atoms with Crippen molar-refractivity contribution in [2.45, 2.75) is 39.7 Å². The molecule has 7 heteroatoms. The molecule has 160 valence electrons. The van der Waals surface area contributed by atoms with Crippen LogP contribution in [0.4, 0.5) is 11.4 Å². The number of non-ortho nitro benzene ring substituents is 1. The number of anilines is 1. The molecule has 0 aliphatic rings. The lowest BCUT2D eigenvalue weighted by molar-refractivity contribution is -0.384. The van der Waals surface area contributed by atoms with Gasteiger partial charge in [0.2, 0.25) is 0 Å². The van der Waals surface area contributed by atoms with Crippen molar-refractivity contribution in [2.24, 2.45) is 0 Å². The van der Waals surface area contributed by atoms with Crippen LogP contribution in [0.2, 0.25) is 0 Å². The molecule has 0 saturated heterocycles. The Bertz CT molecular complexity index is 1030. The van der Waals surface area contributed by atoms with Crippen LogP contribution in [0.1, 0.15) is 33.6 Å². The first-order valence-electron chi connectivity index (χ1n) is 10.5. The lowest BCUT2D eigenvalue weighted by atomic mass is 10.0. The molecule has 30 heavy (non-hydrogen) atoms. The fraction of sp³-hybridized carbons (Fsp3) is 0.435. The second-order valence-corrected chi connectivity index (χ2v) is 7.52. The highest BCUT2D eigenvalue weighted by Crippen LogP contribution is 2.36. The van der Waals surface area contributed by atoms with Crippen LogP contribution in [0.15, 0.2) is 36.4 Å². The monoisotopic (exact) mass is 410 g/mol. The van der Waals surface area contributed by atoms with Crippen LogP contribution >= 0.6 is 0 Å². The number of aromatic nitrogens is 1. The second kappa shape index (κ2) is 9.71. The van der Waals surface area contributed by atoms with Crippen molar-refractivity contribution in [3.8, 4) is 5.75 Å². The summed E-state index contributed by atoms with van der Waals surface area (Å²) in [5, 5.41) is 16.7. The number of hydrogen-bond donors (Lipinski definition) is 1. The molecule has 0 radical (unpaired) electrons. The summed E-state index contributed by atoms with van der Waals surface area (Å²) < 4.78 is 5.50. The summed E-state index contributed by atoms with van der Waals surface area (Å²) in [6, 6.07) is 10.9. The quantitative estimate of drug-likeness (QED) is 0.280. The Morgan fingerprint density at radius 2 is 1.97 bits per heavy atom. The van der Waals surface area contributed by atoms with Gasteiger partial charge in [-0.25, -0.2) is 4.98 Å². The third-order valence-electron chi connectivity index (χ3n) is 5.58. The molecule has 0 bridgehead atoms. The SMILES string of the molecule is CCN(CC)CCCC(C)Nc1c2ccc([N+](=O)[O-])cc2nc2c(OC)cccc12. The smallest absolute Gasteiger partial charge is 0.271 e. The van der Waals surface area contributed by atoms with E-state index in [0.29, 0.717) is 16.8 Å². The minimum Gasteiger partial charge on any atom is -0.494 e. The van der Waals surface area contributed by atoms with E-state index in [9.17, 15) is 10.1 Å². The highest BCUT2D eigenvalue weighted by Gasteiger charge is 2.17. The first kappa shape index (κ1) is 21.8. The average Bonchev–Trinajstić information content (AvgIpc) is 2.75. The molecule has 0 aliphatic heterocycles. The van der Waals surface area contributed by atoms with Gasteiger partial charge in [0.05, 0.1) is 23.2 Å². The van der Waals surface area contributed by atoms with Crippen LogP contribution in [-0.4, -0.2) is 47.6 Å². The summed E-state index contributed by atoms with van der Waals surface area (Å²) in [7, 11) is 1.61. The molecule has 7 nitrogen and oxygen atoms in total. The zero-order valence-electron chi connectivity index (χ0n) is 18.1. The van der Waals surface area contributed by atoms with Crippen LogP contribution < -0.4 is 10.1 Å². The van der Waals surface area contributed by atoms with Gasteiger partial charge in [0.25, 0.3) is 5.69 Å². The van der Waals surface area contributed by atoms with Crippen molar-refractivity contribution in [1.82, 2.24) is 9.88 Å². The van der Waals surface area contributed by atoms with Gasteiger partial charge >= 0.3 is 0 Å². The number of nitrogens with one attached hydrogen (secondary N) is 1. The highest BCUT2D eigenvalue weighted by molar-refractivity contribution is 6.09. The molecule has 3 aromatic rings. The number of nitro groups is 1. The summed E-state index contributed by atoms with van der Waals surface area (Å²) in [5.74, 6) is 0.651. The zero-order valence-corrected chi connectivity index (χ0v) is 18.1. The molecule has 0 fully saturated rings. The number of methoxy groups -OCH3 is 1. The number of para-hydroxylation sites is 1. The molecule has 1 atom stereocenters. The lowest BCUT2D eigenvalue weighted by Crippen LogP contribution is -2.25. The van der Waals surface area contributed by atoms with Gasteiger partial charge in [-0.05, 0) is 51.5 Å². The largest absolute Gasteiger partial charge is 0.494 e. The van der Waals surface area contributed by atoms with Crippen LogP contribution in [0.25, 0.3) is 21.8 Å². The fourth-order valence-electron chi connectivity index (χ4n) is 3.84. The van der Waals surface area contributed by atoms with Gasteiger partial charge < -0.3 is 15.0 Å². The summed E-state index contributed by atoms with van der Waals surface area (Å²) >= 11 is 0. The van der Waals surface area contributed by atoms with Gasteiger partial charge in [0, 0.05) is 28.9 Å². The van der Waals surface area contributed by atoms with E-state index in [-0.39, 0.29) is 11.7 Å². The number of ether oxygens (including phenoxy) is 1. The summed E-state index contributed by atoms with van der Waals surface area (Å²) in [6.45, 7) is 9.76. The predicted molar refractivity (Wildman–Crippen MR) is 123 cm³/mol. The number of nitro benzene ring substituents is 1. The molecule has 1 unspecified atom stereocenters. The van der Waals surface area contributed by atoms with Gasteiger partial charge in [-0.3, -0.25) is 10.1 Å². The standard InChI is InChI=1S/C23H30N4O3/c1-5-26(6-2)14-8-9-16(3)24-22-18-13-12-17(27(28)29)15-20(18)25-23-19(22)10-7-11-21(23)30-4/h7,10-13,15-16H,5-6,8-9,14H2,1-4H3,(H,24,25). The molecule has 2 aromatic carbocycles. The molecule has 1 N–H and O–H groups in total.